The van der Waals surface area contributed by atoms with Crippen LogP contribution in [0.25, 0.3) is 0 Å². The molecule has 0 aliphatic carbocycles. The third kappa shape index (κ3) is 4.77. The predicted molar refractivity (Wildman–Crippen MR) is 112 cm³/mol. The molecule has 0 saturated carbocycles. The minimum absolute atomic E-state index is 0.137. The minimum atomic E-state index is -4.07. The molecule has 0 aliphatic heterocycles. The van der Waals surface area contributed by atoms with Crippen LogP contribution >= 0.6 is 0 Å². The summed E-state index contributed by atoms with van der Waals surface area (Å²) in [4.78, 5) is 14.2. The zero-order chi connectivity index (χ0) is 21.7. The summed E-state index contributed by atoms with van der Waals surface area (Å²) < 4.78 is 46.6. The number of carbonyl (C=O) groups excluding carboxylic acids is 1. The Morgan fingerprint density at radius 1 is 1.03 bits per heavy atom. The fraction of sp³-hybridized carbons (Fsp3) is 0.136. The number of carbonyl (C=O) groups is 1. The highest BCUT2D eigenvalue weighted by molar-refractivity contribution is 7.92. The highest BCUT2D eigenvalue weighted by atomic mass is 32.2. The summed E-state index contributed by atoms with van der Waals surface area (Å²) in [6.45, 7) is 0.285. The maximum Gasteiger partial charge on any atom is 0.262 e. The molecule has 8 heteroatoms. The normalized spacial score (nSPS) is 11.0. The van der Waals surface area contributed by atoms with Crippen molar-refractivity contribution in [1.29, 1.82) is 0 Å². The third-order valence-corrected chi connectivity index (χ3v) is 5.82. The van der Waals surface area contributed by atoms with E-state index in [0.29, 0.717) is 5.75 Å². The average molecular weight is 428 g/mol. The van der Waals surface area contributed by atoms with Crippen molar-refractivity contribution >= 4 is 21.6 Å². The lowest BCUT2D eigenvalue weighted by molar-refractivity contribution is 0.0784. The number of hydrogen-bond donors (Lipinski definition) is 1. The van der Waals surface area contributed by atoms with Crippen LogP contribution in [0.2, 0.25) is 0 Å². The van der Waals surface area contributed by atoms with Crippen molar-refractivity contribution in [3.63, 3.8) is 0 Å². The topological polar surface area (TPSA) is 75.7 Å². The summed E-state index contributed by atoms with van der Waals surface area (Å²) in [5.74, 6) is -0.392. The van der Waals surface area contributed by atoms with Crippen molar-refractivity contribution in [2.24, 2.45) is 0 Å². The van der Waals surface area contributed by atoms with Crippen LogP contribution < -0.4 is 9.46 Å². The summed E-state index contributed by atoms with van der Waals surface area (Å²) >= 11 is 0. The quantitative estimate of drug-likeness (QED) is 0.619. The van der Waals surface area contributed by atoms with Crippen molar-refractivity contribution < 1.29 is 22.3 Å². The summed E-state index contributed by atoms with van der Waals surface area (Å²) in [7, 11) is -0.896. The molecule has 6 nitrogen and oxygen atoms in total. The van der Waals surface area contributed by atoms with Gasteiger partial charge in [-0.25, -0.2) is 12.8 Å². The second-order valence-electron chi connectivity index (χ2n) is 6.59. The second-order valence-corrected chi connectivity index (χ2v) is 8.27. The van der Waals surface area contributed by atoms with Gasteiger partial charge in [-0.05, 0) is 36.4 Å². The Morgan fingerprint density at radius 2 is 1.73 bits per heavy atom. The smallest absolute Gasteiger partial charge is 0.262 e. The molecule has 0 atom stereocenters. The summed E-state index contributed by atoms with van der Waals surface area (Å²) in [5, 5.41) is 0. The van der Waals surface area contributed by atoms with Gasteiger partial charge in [0.1, 0.15) is 11.6 Å². The first-order valence-corrected chi connectivity index (χ1v) is 10.5. The minimum Gasteiger partial charge on any atom is -0.496 e. The Morgan fingerprint density at radius 3 is 2.47 bits per heavy atom. The largest absolute Gasteiger partial charge is 0.496 e. The van der Waals surface area contributed by atoms with E-state index < -0.39 is 15.8 Å². The van der Waals surface area contributed by atoms with Gasteiger partial charge >= 0.3 is 0 Å². The molecule has 0 saturated heterocycles. The number of halogens is 1. The SMILES string of the molecule is COc1ccccc1CN(C)C(=O)c1cccc(S(=O)(=O)Nc2ccccc2F)c1. The molecule has 156 valence electrons. The number of rotatable bonds is 7. The van der Waals surface area contributed by atoms with Crippen LogP contribution in [0.15, 0.2) is 77.7 Å². The number of ether oxygens (including phenoxy) is 1. The van der Waals surface area contributed by atoms with E-state index in [1.807, 2.05) is 18.2 Å². The van der Waals surface area contributed by atoms with Crippen LogP contribution in [0.5, 0.6) is 5.75 Å². The molecule has 1 amide bonds. The number of nitrogens with zero attached hydrogens (tertiary/aromatic N) is 1. The molecule has 0 aliphatic rings. The van der Waals surface area contributed by atoms with Gasteiger partial charge in [0.05, 0.1) is 17.7 Å². The molecule has 1 N–H and O–H groups in total. The Balaban J connectivity index is 1.82. The van der Waals surface area contributed by atoms with Gasteiger partial charge in [-0.15, -0.1) is 0 Å². The van der Waals surface area contributed by atoms with E-state index in [2.05, 4.69) is 4.72 Å². The van der Waals surface area contributed by atoms with Gasteiger partial charge in [-0.2, -0.15) is 0 Å². The first kappa shape index (κ1) is 21.3. The molecule has 3 aromatic carbocycles. The highest BCUT2D eigenvalue weighted by Gasteiger charge is 2.20. The monoisotopic (exact) mass is 428 g/mol. The second kappa shape index (κ2) is 8.96. The summed E-state index contributed by atoms with van der Waals surface area (Å²) in [5.41, 5.74) is 0.854. The van der Waals surface area contributed by atoms with Crippen LogP contribution in [0.4, 0.5) is 10.1 Å². The molecule has 0 spiro atoms. The first-order valence-electron chi connectivity index (χ1n) is 9.06. The van der Waals surface area contributed by atoms with Gasteiger partial charge in [0.15, 0.2) is 0 Å². The van der Waals surface area contributed by atoms with Crippen LogP contribution in [0.1, 0.15) is 15.9 Å². The van der Waals surface area contributed by atoms with E-state index in [1.165, 1.54) is 47.4 Å². The molecule has 3 rings (SSSR count). The molecule has 3 aromatic rings. The van der Waals surface area contributed by atoms with Crippen LogP contribution in [0, 0.1) is 5.82 Å². The number of benzene rings is 3. The molecular formula is C22H21FN2O4S. The third-order valence-electron chi connectivity index (χ3n) is 4.46. The van der Waals surface area contributed by atoms with Crippen molar-refractivity contribution in [1.82, 2.24) is 4.90 Å². The number of methoxy groups -OCH3 is 1. The number of sulfonamides is 1. The summed E-state index contributed by atoms with van der Waals surface area (Å²) in [6, 6.07) is 18.4. The first-order chi connectivity index (χ1) is 14.3. The molecule has 0 radical (unpaired) electrons. The van der Waals surface area contributed by atoms with Gasteiger partial charge in [-0.3, -0.25) is 9.52 Å². The van der Waals surface area contributed by atoms with Gasteiger partial charge in [0.2, 0.25) is 0 Å². The molecule has 30 heavy (non-hydrogen) atoms. The Labute approximate surface area is 175 Å². The number of nitrogens with one attached hydrogen (secondary N) is 1. The average Bonchev–Trinajstić information content (AvgIpc) is 2.75. The van der Waals surface area contributed by atoms with E-state index >= 15 is 0 Å². The van der Waals surface area contributed by atoms with Crippen molar-refractivity contribution in [2.45, 2.75) is 11.4 Å². The zero-order valence-corrected chi connectivity index (χ0v) is 17.3. The van der Waals surface area contributed by atoms with E-state index in [1.54, 1.807) is 20.2 Å². The number of amides is 1. The molecule has 0 aromatic heterocycles. The lowest BCUT2D eigenvalue weighted by Gasteiger charge is -2.19. The predicted octanol–water partition coefficient (Wildman–Crippen LogP) is 3.91. The van der Waals surface area contributed by atoms with Crippen molar-refractivity contribution in [3.05, 3.63) is 89.7 Å². The lowest BCUT2D eigenvalue weighted by Crippen LogP contribution is -2.26. The fourth-order valence-electron chi connectivity index (χ4n) is 2.93. The number of para-hydroxylation sites is 2. The van der Waals surface area contributed by atoms with E-state index in [9.17, 15) is 17.6 Å². The molecule has 0 heterocycles. The number of hydrogen-bond acceptors (Lipinski definition) is 4. The molecule has 0 fully saturated rings. The zero-order valence-electron chi connectivity index (χ0n) is 16.5. The van der Waals surface area contributed by atoms with Gasteiger partial charge in [0.25, 0.3) is 15.9 Å². The van der Waals surface area contributed by atoms with Gasteiger partial charge in [0, 0.05) is 24.7 Å². The molecule has 0 unspecified atom stereocenters. The summed E-state index contributed by atoms with van der Waals surface area (Å²) in [6.07, 6.45) is 0. The lowest BCUT2D eigenvalue weighted by atomic mass is 10.1. The van der Waals surface area contributed by atoms with Crippen LogP contribution in [-0.2, 0) is 16.6 Å². The van der Waals surface area contributed by atoms with Crippen molar-refractivity contribution in [3.8, 4) is 5.75 Å². The molecular weight excluding hydrogens is 407 g/mol. The van der Waals surface area contributed by atoms with Crippen molar-refractivity contribution in [2.75, 3.05) is 18.9 Å². The standard InChI is InChI=1S/C22H21FN2O4S/c1-25(15-17-8-3-6-13-21(17)29-2)22(26)16-9-7-10-18(14-16)30(27,28)24-20-12-5-4-11-19(20)23/h3-14,24H,15H2,1-2H3. The Bertz CT molecular complexity index is 1170. The van der Waals surface area contributed by atoms with Gasteiger partial charge < -0.3 is 9.64 Å². The van der Waals surface area contributed by atoms with E-state index in [-0.39, 0.29) is 28.6 Å². The Kier molecular flexibility index (Phi) is 6.37. The van der Waals surface area contributed by atoms with Crippen LogP contribution in [-0.4, -0.2) is 33.4 Å². The highest BCUT2D eigenvalue weighted by Crippen LogP contribution is 2.22. The maximum absolute atomic E-state index is 13.8. The fourth-order valence-corrected chi connectivity index (χ4v) is 4.04. The van der Waals surface area contributed by atoms with Gasteiger partial charge in [-0.1, -0.05) is 36.4 Å². The number of anilines is 1. The van der Waals surface area contributed by atoms with E-state index in [0.717, 1.165) is 11.6 Å². The Hall–Kier alpha value is -3.39. The van der Waals surface area contributed by atoms with Crippen LogP contribution in [0.3, 0.4) is 0 Å². The van der Waals surface area contributed by atoms with E-state index in [4.69, 9.17) is 4.74 Å². The maximum atomic E-state index is 13.8. The molecule has 0 bridgehead atoms.